The van der Waals surface area contributed by atoms with Gasteiger partial charge >= 0.3 is 0 Å². The van der Waals surface area contributed by atoms with Crippen molar-refractivity contribution in [2.24, 2.45) is 5.41 Å². The third kappa shape index (κ3) is 5.08. The zero-order valence-corrected chi connectivity index (χ0v) is 22.2. The standard InChI is InChI=1S/C24H34N4O4S2/c1-24(2,3)16-27-17-26(4)23-22(27)13-12-21(25-23)18-7-6-14-28(15-18)34(31,32)20-10-8-19(9-11-20)33(5,29)30/h8-13,18H,6-7,14-17H2,1-5H3. The molecule has 3 heterocycles. The summed E-state index contributed by atoms with van der Waals surface area (Å²) in [6, 6.07) is 9.61. The van der Waals surface area contributed by atoms with Crippen LogP contribution in [0.3, 0.4) is 0 Å². The second-order valence-corrected chi connectivity index (χ2v) is 14.6. The van der Waals surface area contributed by atoms with Crippen molar-refractivity contribution in [1.29, 1.82) is 0 Å². The minimum Gasteiger partial charge on any atom is -0.350 e. The first kappa shape index (κ1) is 24.9. The van der Waals surface area contributed by atoms with Gasteiger partial charge in [0.05, 0.1) is 22.1 Å². The van der Waals surface area contributed by atoms with Gasteiger partial charge in [-0.1, -0.05) is 20.8 Å². The van der Waals surface area contributed by atoms with Crippen molar-refractivity contribution in [1.82, 2.24) is 9.29 Å². The summed E-state index contributed by atoms with van der Waals surface area (Å²) in [4.78, 5) is 9.66. The van der Waals surface area contributed by atoms with Crippen molar-refractivity contribution in [2.75, 3.05) is 49.4 Å². The lowest BCUT2D eigenvalue weighted by molar-refractivity contribution is 0.312. The monoisotopic (exact) mass is 506 g/mol. The Kier molecular flexibility index (Phi) is 6.46. The molecule has 2 aliphatic heterocycles. The minimum absolute atomic E-state index is 0.00850. The molecule has 0 spiro atoms. The van der Waals surface area contributed by atoms with Crippen LogP contribution in [0.4, 0.5) is 11.5 Å². The maximum absolute atomic E-state index is 13.3. The smallest absolute Gasteiger partial charge is 0.243 e. The fraction of sp³-hybridized carbons (Fsp3) is 0.542. The summed E-state index contributed by atoms with van der Waals surface area (Å²) >= 11 is 0. The van der Waals surface area contributed by atoms with Crippen LogP contribution in [0.15, 0.2) is 46.2 Å². The molecule has 34 heavy (non-hydrogen) atoms. The summed E-state index contributed by atoms with van der Waals surface area (Å²) in [7, 11) is -5.07. The molecule has 1 atom stereocenters. The first-order valence-corrected chi connectivity index (χ1v) is 14.9. The molecule has 1 unspecified atom stereocenters. The number of sulfone groups is 1. The fourth-order valence-electron chi connectivity index (χ4n) is 4.73. The largest absolute Gasteiger partial charge is 0.350 e. The molecule has 1 fully saturated rings. The normalized spacial score (nSPS) is 20.0. The van der Waals surface area contributed by atoms with Crippen LogP contribution in [0.25, 0.3) is 0 Å². The zero-order chi connectivity index (χ0) is 24.9. The molecule has 0 radical (unpaired) electrons. The van der Waals surface area contributed by atoms with E-state index in [4.69, 9.17) is 4.98 Å². The number of hydrogen-bond acceptors (Lipinski definition) is 7. The zero-order valence-electron chi connectivity index (χ0n) is 20.5. The van der Waals surface area contributed by atoms with Crippen molar-refractivity contribution >= 4 is 31.4 Å². The molecule has 186 valence electrons. The summed E-state index contributed by atoms with van der Waals surface area (Å²) < 4.78 is 51.5. The van der Waals surface area contributed by atoms with Gasteiger partial charge in [-0.3, -0.25) is 0 Å². The Bertz CT molecular complexity index is 1270. The second-order valence-electron chi connectivity index (χ2n) is 10.6. The minimum atomic E-state index is -3.72. The van der Waals surface area contributed by atoms with Gasteiger partial charge in [-0.2, -0.15) is 4.31 Å². The predicted molar refractivity (Wildman–Crippen MR) is 135 cm³/mol. The van der Waals surface area contributed by atoms with Gasteiger partial charge in [-0.15, -0.1) is 0 Å². The molecule has 1 aromatic heterocycles. The van der Waals surface area contributed by atoms with Gasteiger partial charge in [0.1, 0.15) is 0 Å². The Balaban J connectivity index is 1.55. The summed E-state index contributed by atoms with van der Waals surface area (Å²) in [5.41, 5.74) is 2.20. The van der Waals surface area contributed by atoms with E-state index in [1.807, 2.05) is 13.1 Å². The van der Waals surface area contributed by atoms with Crippen LogP contribution in [-0.2, 0) is 19.9 Å². The highest BCUT2D eigenvalue weighted by Crippen LogP contribution is 2.38. The Labute approximate surface area is 203 Å². The van der Waals surface area contributed by atoms with E-state index in [2.05, 4.69) is 36.6 Å². The van der Waals surface area contributed by atoms with Crippen LogP contribution in [0.2, 0.25) is 0 Å². The number of rotatable bonds is 5. The molecule has 0 aliphatic carbocycles. The molecule has 1 aromatic carbocycles. The summed E-state index contributed by atoms with van der Waals surface area (Å²) in [5.74, 6) is 0.951. The molecule has 0 N–H and O–H groups in total. The SMILES string of the molecule is CN1CN(CC(C)(C)C)c2ccc(C3CCCN(S(=O)(=O)c4ccc(S(C)(=O)=O)cc4)C3)nc21. The lowest BCUT2D eigenvalue weighted by Crippen LogP contribution is -2.39. The molecule has 1 saturated heterocycles. The Morgan fingerprint density at radius 3 is 2.26 bits per heavy atom. The number of fused-ring (bicyclic) bond motifs is 1. The predicted octanol–water partition coefficient (Wildman–Crippen LogP) is 3.31. The van der Waals surface area contributed by atoms with Gasteiger partial charge in [-0.25, -0.2) is 21.8 Å². The number of piperidine rings is 1. The second kappa shape index (κ2) is 8.80. The quantitative estimate of drug-likeness (QED) is 0.614. The Hall–Kier alpha value is -2.17. The van der Waals surface area contributed by atoms with E-state index < -0.39 is 19.9 Å². The van der Waals surface area contributed by atoms with Gasteiger partial charge in [0, 0.05) is 44.5 Å². The lowest BCUT2D eigenvalue weighted by atomic mass is 9.95. The highest BCUT2D eigenvalue weighted by Gasteiger charge is 2.33. The average Bonchev–Trinajstić information content (AvgIpc) is 3.06. The van der Waals surface area contributed by atoms with Crippen LogP contribution < -0.4 is 9.80 Å². The number of nitrogens with zero attached hydrogens (tertiary/aromatic N) is 4. The number of sulfonamides is 1. The molecule has 0 saturated carbocycles. The van der Waals surface area contributed by atoms with Crippen molar-refractivity contribution in [3.8, 4) is 0 Å². The van der Waals surface area contributed by atoms with Gasteiger partial charge in [0.15, 0.2) is 15.7 Å². The molecular formula is C24H34N4O4S2. The average molecular weight is 507 g/mol. The number of anilines is 2. The number of hydrogen-bond donors (Lipinski definition) is 0. The van der Waals surface area contributed by atoms with Crippen LogP contribution in [0, 0.1) is 5.41 Å². The van der Waals surface area contributed by atoms with Gasteiger partial charge in [0.25, 0.3) is 0 Å². The van der Waals surface area contributed by atoms with E-state index in [0.717, 1.165) is 49.5 Å². The van der Waals surface area contributed by atoms with Gasteiger partial charge in [-0.05, 0) is 54.7 Å². The first-order valence-electron chi connectivity index (χ1n) is 11.5. The van der Waals surface area contributed by atoms with E-state index >= 15 is 0 Å². The van der Waals surface area contributed by atoms with Crippen LogP contribution in [0.5, 0.6) is 0 Å². The van der Waals surface area contributed by atoms with E-state index in [9.17, 15) is 16.8 Å². The van der Waals surface area contributed by atoms with Gasteiger partial charge in [0.2, 0.25) is 10.0 Å². The van der Waals surface area contributed by atoms with Crippen molar-refractivity contribution in [2.45, 2.75) is 49.3 Å². The molecular weight excluding hydrogens is 472 g/mol. The molecule has 8 nitrogen and oxygen atoms in total. The maximum Gasteiger partial charge on any atom is 0.243 e. The Morgan fingerprint density at radius 1 is 1.00 bits per heavy atom. The molecule has 0 amide bonds. The highest BCUT2D eigenvalue weighted by atomic mass is 32.2. The van der Waals surface area contributed by atoms with Gasteiger partial charge < -0.3 is 9.80 Å². The molecule has 4 rings (SSSR count). The third-order valence-electron chi connectivity index (χ3n) is 6.32. The summed E-state index contributed by atoms with van der Waals surface area (Å²) in [5, 5.41) is 0. The number of aromatic nitrogens is 1. The molecule has 2 aliphatic rings. The molecule has 2 aromatic rings. The molecule has 0 bridgehead atoms. The maximum atomic E-state index is 13.3. The molecule has 10 heteroatoms. The first-order chi connectivity index (χ1) is 15.8. The van der Waals surface area contributed by atoms with E-state index in [-0.39, 0.29) is 21.1 Å². The third-order valence-corrected chi connectivity index (χ3v) is 9.33. The topological polar surface area (TPSA) is 90.9 Å². The van der Waals surface area contributed by atoms with Crippen molar-refractivity contribution < 1.29 is 16.8 Å². The fourth-order valence-corrected chi connectivity index (χ4v) is 6.88. The van der Waals surface area contributed by atoms with Crippen LogP contribution in [-0.4, -0.2) is 65.7 Å². The Morgan fingerprint density at radius 2 is 1.65 bits per heavy atom. The van der Waals surface area contributed by atoms with Crippen LogP contribution in [0.1, 0.15) is 45.2 Å². The number of benzene rings is 1. The summed E-state index contributed by atoms with van der Waals surface area (Å²) in [6.07, 6.45) is 2.73. The van der Waals surface area contributed by atoms with E-state index in [0.29, 0.717) is 13.1 Å². The van der Waals surface area contributed by atoms with E-state index in [1.165, 1.54) is 28.6 Å². The van der Waals surface area contributed by atoms with Crippen LogP contribution >= 0.6 is 0 Å². The summed E-state index contributed by atoms with van der Waals surface area (Å²) in [6.45, 7) is 9.18. The van der Waals surface area contributed by atoms with Crippen molar-refractivity contribution in [3.05, 3.63) is 42.1 Å². The highest BCUT2D eigenvalue weighted by molar-refractivity contribution is 7.90. The number of pyridine rings is 1. The lowest BCUT2D eigenvalue weighted by Gasteiger charge is -2.32. The van der Waals surface area contributed by atoms with Crippen molar-refractivity contribution in [3.63, 3.8) is 0 Å². The van der Waals surface area contributed by atoms with E-state index in [1.54, 1.807) is 0 Å².